The number of aromatic nitrogens is 3. The van der Waals surface area contributed by atoms with E-state index in [9.17, 15) is 4.79 Å². The van der Waals surface area contributed by atoms with E-state index in [0.29, 0.717) is 18.8 Å². The van der Waals surface area contributed by atoms with Gasteiger partial charge in [0, 0.05) is 51.3 Å². The summed E-state index contributed by atoms with van der Waals surface area (Å²) in [5.41, 5.74) is 2.51. The zero-order valence-electron chi connectivity index (χ0n) is 15.7. The number of hydrogen-bond acceptors (Lipinski definition) is 4. The molecule has 142 valence electrons. The fraction of sp³-hybridized carbons (Fsp3) is 0.227. The van der Waals surface area contributed by atoms with E-state index in [1.54, 1.807) is 23.1 Å². The van der Waals surface area contributed by atoms with E-state index in [0.717, 1.165) is 25.3 Å². The summed E-state index contributed by atoms with van der Waals surface area (Å²) in [6.07, 6.45) is 9.55. The Morgan fingerprint density at radius 3 is 2.57 bits per heavy atom. The van der Waals surface area contributed by atoms with E-state index in [4.69, 9.17) is 0 Å². The van der Waals surface area contributed by atoms with E-state index < -0.39 is 0 Å². The smallest absolute Gasteiger partial charge is 0.272 e. The largest absolute Gasteiger partial charge is 0.335 e. The molecule has 6 heteroatoms. The number of benzene rings is 1. The minimum Gasteiger partial charge on any atom is -0.335 e. The van der Waals surface area contributed by atoms with Crippen LogP contribution in [-0.4, -0.2) is 63.2 Å². The zero-order valence-corrected chi connectivity index (χ0v) is 15.7. The summed E-state index contributed by atoms with van der Waals surface area (Å²) in [5.74, 6) is -0.0199. The molecule has 1 aliphatic rings. The minimum absolute atomic E-state index is 0.0199. The van der Waals surface area contributed by atoms with Gasteiger partial charge in [-0.2, -0.15) is 5.10 Å². The molecule has 1 fully saturated rings. The molecule has 0 unspecified atom stereocenters. The SMILES string of the molecule is O=C(c1cc(-n2cccn2)ccn1)N1CCN(CC=Cc2ccccc2)CC1. The summed E-state index contributed by atoms with van der Waals surface area (Å²) in [6, 6.07) is 15.8. The Hall–Kier alpha value is -3.25. The average molecular weight is 373 g/mol. The molecule has 28 heavy (non-hydrogen) atoms. The van der Waals surface area contributed by atoms with Crippen LogP contribution in [0.15, 0.2) is 73.2 Å². The third kappa shape index (κ3) is 4.35. The van der Waals surface area contributed by atoms with Crippen molar-refractivity contribution < 1.29 is 4.79 Å². The Balaban J connectivity index is 1.32. The van der Waals surface area contributed by atoms with E-state index in [1.165, 1.54) is 5.56 Å². The van der Waals surface area contributed by atoms with Crippen molar-refractivity contribution in [1.82, 2.24) is 24.6 Å². The lowest BCUT2D eigenvalue weighted by Crippen LogP contribution is -2.48. The summed E-state index contributed by atoms with van der Waals surface area (Å²) < 4.78 is 1.73. The van der Waals surface area contributed by atoms with Crippen molar-refractivity contribution >= 4 is 12.0 Å². The normalized spacial score (nSPS) is 15.2. The highest BCUT2D eigenvalue weighted by atomic mass is 16.2. The molecule has 0 atom stereocenters. The molecule has 0 aliphatic carbocycles. The van der Waals surface area contributed by atoms with Gasteiger partial charge in [-0.25, -0.2) is 4.68 Å². The molecule has 1 aliphatic heterocycles. The Morgan fingerprint density at radius 1 is 1.00 bits per heavy atom. The highest BCUT2D eigenvalue weighted by molar-refractivity contribution is 5.92. The molecule has 0 spiro atoms. The lowest BCUT2D eigenvalue weighted by molar-refractivity contribution is 0.0644. The molecule has 0 N–H and O–H groups in total. The van der Waals surface area contributed by atoms with E-state index in [2.05, 4.69) is 39.3 Å². The quantitative estimate of drug-likeness (QED) is 0.690. The van der Waals surface area contributed by atoms with Crippen LogP contribution >= 0.6 is 0 Å². The summed E-state index contributed by atoms with van der Waals surface area (Å²) in [7, 11) is 0. The summed E-state index contributed by atoms with van der Waals surface area (Å²) in [5, 5.41) is 4.21. The van der Waals surface area contributed by atoms with Crippen molar-refractivity contribution in [2.45, 2.75) is 0 Å². The summed E-state index contributed by atoms with van der Waals surface area (Å²) in [6.45, 7) is 4.05. The Bertz CT molecular complexity index is 929. The standard InChI is InChI=1S/C22H23N5O/c28-22(21-18-20(9-11-23-21)27-13-5-10-24-27)26-16-14-25(15-17-26)12-4-8-19-6-2-1-3-7-19/h1-11,13,18H,12,14-17H2. The minimum atomic E-state index is -0.0199. The number of piperazine rings is 1. The predicted molar refractivity (Wildman–Crippen MR) is 109 cm³/mol. The third-order valence-corrected chi connectivity index (χ3v) is 4.86. The number of pyridine rings is 1. The highest BCUT2D eigenvalue weighted by Gasteiger charge is 2.22. The van der Waals surface area contributed by atoms with Gasteiger partial charge in [0.2, 0.25) is 0 Å². The molecule has 1 amide bonds. The van der Waals surface area contributed by atoms with E-state index in [-0.39, 0.29) is 5.91 Å². The average Bonchev–Trinajstić information content (AvgIpc) is 3.30. The fourth-order valence-electron chi connectivity index (χ4n) is 3.30. The van der Waals surface area contributed by atoms with Crippen LogP contribution in [0, 0.1) is 0 Å². The van der Waals surface area contributed by atoms with Crippen LogP contribution in [0.1, 0.15) is 16.1 Å². The first kappa shape index (κ1) is 18.1. The van der Waals surface area contributed by atoms with Gasteiger partial charge in [0.1, 0.15) is 5.69 Å². The maximum absolute atomic E-state index is 12.8. The third-order valence-electron chi connectivity index (χ3n) is 4.86. The maximum atomic E-state index is 12.8. The van der Waals surface area contributed by atoms with Crippen molar-refractivity contribution in [3.63, 3.8) is 0 Å². The molecule has 3 aromatic rings. The number of amides is 1. The van der Waals surface area contributed by atoms with Gasteiger partial charge in [-0.05, 0) is 23.8 Å². The summed E-state index contributed by atoms with van der Waals surface area (Å²) in [4.78, 5) is 21.3. The van der Waals surface area contributed by atoms with Crippen LogP contribution in [-0.2, 0) is 0 Å². The van der Waals surface area contributed by atoms with Crippen molar-refractivity contribution in [3.8, 4) is 5.69 Å². The molecule has 1 saturated heterocycles. The molecule has 3 heterocycles. The lowest BCUT2D eigenvalue weighted by atomic mass is 10.2. The van der Waals surface area contributed by atoms with Gasteiger partial charge in [0.25, 0.3) is 5.91 Å². The van der Waals surface area contributed by atoms with Gasteiger partial charge < -0.3 is 4.90 Å². The van der Waals surface area contributed by atoms with Crippen LogP contribution in [0.4, 0.5) is 0 Å². The molecular weight excluding hydrogens is 350 g/mol. The van der Waals surface area contributed by atoms with Crippen LogP contribution in [0.5, 0.6) is 0 Å². The Kier molecular flexibility index (Phi) is 5.58. The molecule has 0 saturated carbocycles. The molecular formula is C22H23N5O. The van der Waals surface area contributed by atoms with Gasteiger partial charge in [0.05, 0.1) is 5.69 Å². The van der Waals surface area contributed by atoms with E-state index >= 15 is 0 Å². The lowest BCUT2D eigenvalue weighted by Gasteiger charge is -2.34. The number of carbonyl (C=O) groups is 1. The fourth-order valence-corrected chi connectivity index (χ4v) is 3.30. The second-order valence-corrected chi connectivity index (χ2v) is 6.76. The van der Waals surface area contributed by atoms with Crippen LogP contribution in [0.25, 0.3) is 11.8 Å². The molecule has 0 radical (unpaired) electrons. The monoisotopic (exact) mass is 373 g/mol. The predicted octanol–water partition coefficient (Wildman–Crippen LogP) is 2.74. The van der Waals surface area contributed by atoms with Crippen molar-refractivity contribution in [2.75, 3.05) is 32.7 Å². The van der Waals surface area contributed by atoms with Gasteiger partial charge >= 0.3 is 0 Å². The topological polar surface area (TPSA) is 54.3 Å². The van der Waals surface area contributed by atoms with Crippen molar-refractivity contribution in [3.05, 3.63) is 84.5 Å². The summed E-state index contributed by atoms with van der Waals surface area (Å²) >= 11 is 0. The van der Waals surface area contributed by atoms with Gasteiger partial charge in [0.15, 0.2) is 0 Å². The number of carbonyl (C=O) groups excluding carboxylic acids is 1. The van der Waals surface area contributed by atoms with Crippen LogP contribution < -0.4 is 0 Å². The molecule has 6 nitrogen and oxygen atoms in total. The van der Waals surface area contributed by atoms with Gasteiger partial charge in [-0.3, -0.25) is 14.7 Å². The van der Waals surface area contributed by atoms with Gasteiger partial charge in [-0.1, -0.05) is 42.5 Å². The van der Waals surface area contributed by atoms with E-state index in [1.807, 2.05) is 41.4 Å². The molecule has 2 aromatic heterocycles. The molecule has 4 rings (SSSR count). The zero-order chi connectivity index (χ0) is 19.2. The second kappa shape index (κ2) is 8.63. The first-order valence-corrected chi connectivity index (χ1v) is 9.49. The Morgan fingerprint density at radius 2 is 1.82 bits per heavy atom. The van der Waals surface area contributed by atoms with Crippen LogP contribution in [0.2, 0.25) is 0 Å². The van der Waals surface area contributed by atoms with Gasteiger partial charge in [-0.15, -0.1) is 0 Å². The number of rotatable bonds is 5. The molecule has 1 aromatic carbocycles. The number of hydrogen-bond donors (Lipinski definition) is 0. The Labute approximate surface area is 164 Å². The second-order valence-electron chi connectivity index (χ2n) is 6.76. The first-order chi connectivity index (χ1) is 13.8. The highest BCUT2D eigenvalue weighted by Crippen LogP contribution is 2.12. The van der Waals surface area contributed by atoms with Crippen molar-refractivity contribution in [1.29, 1.82) is 0 Å². The first-order valence-electron chi connectivity index (χ1n) is 9.49. The molecule has 0 bridgehead atoms. The maximum Gasteiger partial charge on any atom is 0.272 e. The van der Waals surface area contributed by atoms with Crippen LogP contribution in [0.3, 0.4) is 0 Å². The van der Waals surface area contributed by atoms with Crippen molar-refractivity contribution in [2.24, 2.45) is 0 Å². The number of nitrogens with zero attached hydrogens (tertiary/aromatic N) is 5.